The van der Waals surface area contributed by atoms with Gasteiger partial charge in [-0.15, -0.1) is 0 Å². The van der Waals surface area contributed by atoms with Crippen molar-refractivity contribution in [2.24, 2.45) is 0 Å². The lowest BCUT2D eigenvalue weighted by molar-refractivity contribution is 0.236. The molecule has 23 heavy (non-hydrogen) atoms. The molecule has 0 saturated heterocycles. The second-order valence-corrected chi connectivity index (χ2v) is 5.72. The van der Waals surface area contributed by atoms with Gasteiger partial charge in [-0.25, -0.2) is 4.79 Å². The van der Waals surface area contributed by atoms with E-state index in [4.69, 9.17) is 4.42 Å². The van der Waals surface area contributed by atoms with E-state index < -0.39 is 0 Å². The van der Waals surface area contributed by atoms with Gasteiger partial charge in [0.25, 0.3) is 0 Å². The van der Waals surface area contributed by atoms with Crippen LogP contribution in [-0.2, 0) is 6.54 Å². The molecule has 0 spiro atoms. The number of urea groups is 1. The van der Waals surface area contributed by atoms with E-state index in [0.29, 0.717) is 6.54 Å². The fourth-order valence-electron chi connectivity index (χ4n) is 2.42. The predicted octanol–water partition coefficient (Wildman–Crippen LogP) is 4.30. The number of fused-ring (bicyclic) bond motifs is 1. The van der Waals surface area contributed by atoms with Crippen molar-refractivity contribution in [3.63, 3.8) is 0 Å². The molecule has 2 aromatic carbocycles. The van der Waals surface area contributed by atoms with E-state index in [1.54, 1.807) is 0 Å². The van der Waals surface area contributed by atoms with Gasteiger partial charge < -0.3 is 15.1 Å². The largest absolute Gasteiger partial charge is 0.459 e. The highest BCUT2D eigenvalue weighted by atomic mass is 16.3. The molecule has 4 nitrogen and oxygen atoms in total. The first kappa shape index (κ1) is 15.2. The fraction of sp³-hybridized carbons (Fsp3) is 0.211. The molecule has 0 bridgehead atoms. The summed E-state index contributed by atoms with van der Waals surface area (Å²) in [6, 6.07) is 17.5. The molecule has 1 unspecified atom stereocenters. The molecule has 0 aliphatic rings. The minimum absolute atomic E-state index is 0.194. The molecule has 0 saturated carbocycles. The molecule has 0 aliphatic carbocycles. The standard InChI is InChI=1S/C19H20N2O2/c1-13-7-9-15(10-8-13)12-20-19(22)21-14(2)18-11-16-5-3-4-6-17(16)23-18/h3-11,14H,12H2,1-2H3,(H2,20,21,22). The van der Waals surface area contributed by atoms with Gasteiger partial charge in [0, 0.05) is 11.9 Å². The lowest BCUT2D eigenvalue weighted by Gasteiger charge is -2.12. The first-order chi connectivity index (χ1) is 11.1. The zero-order valence-corrected chi connectivity index (χ0v) is 13.3. The Morgan fingerprint density at radius 2 is 1.87 bits per heavy atom. The molecule has 118 valence electrons. The maximum atomic E-state index is 12.0. The van der Waals surface area contributed by atoms with Crippen LogP contribution in [0.3, 0.4) is 0 Å². The van der Waals surface area contributed by atoms with Crippen LogP contribution in [0.25, 0.3) is 11.0 Å². The summed E-state index contributed by atoms with van der Waals surface area (Å²) in [5.41, 5.74) is 3.11. The van der Waals surface area contributed by atoms with Crippen LogP contribution in [0.1, 0.15) is 29.9 Å². The summed E-state index contributed by atoms with van der Waals surface area (Å²) in [7, 11) is 0. The summed E-state index contributed by atoms with van der Waals surface area (Å²) in [4.78, 5) is 12.0. The molecular weight excluding hydrogens is 288 g/mol. The van der Waals surface area contributed by atoms with E-state index in [9.17, 15) is 4.79 Å². The highest BCUT2D eigenvalue weighted by Gasteiger charge is 2.13. The summed E-state index contributed by atoms with van der Waals surface area (Å²) < 4.78 is 5.76. The minimum Gasteiger partial charge on any atom is -0.459 e. The molecule has 2 amide bonds. The lowest BCUT2D eigenvalue weighted by Crippen LogP contribution is -2.36. The second kappa shape index (κ2) is 6.57. The number of para-hydroxylation sites is 1. The van der Waals surface area contributed by atoms with Crippen LogP contribution < -0.4 is 10.6 Å². The van der Waals surface area contributed by atoms with E-state index >= 15 is 0 Å². The van der Waals surface area contributed by atoms with Crippen LogP contribution in [-0.4, -0.2) is 6.03 Å². The van der Waals surface area contributed by atoms with Crippen LogP contribution in [0.5, 0.6) is 0 Å². The molecule has 4 heteroatoms. The summed E-state index contributed by atoms with van der Waals surface area (Å²) in [5, 5.41) is 6.79. The van der Waals surface area contributed by atoms with Crippen molar-refractivity contribution in [1.82, 2.24) is 10.6 Å². The lowest BCUT2D eigenvalue weighted by atomic mass is 10.1. The molecule has 0 aliphatic heterocycles. The van der Waals surface area contributed by atoms with E-state index in [-0.39, 0.29) is 12.1 Å². The van der Waals surface area contributed by atoms with Crippen molar-refractivity contribution in [2.75, 3.05) is 0 Å². The third-order valence-electron chi connectivity index (χ3n) is 3.79. The first-order valence-electron chi connectivity index (χ1n) is 7.70. The van der Waals surface area contributed by atoms with Crippen molar-refractivity contribution in [3.8, 4) is 0 Å². The topological polar surface area (TPSA) is 54.3 Å². The maximum absolute atomic E-state index is 12.0. The SMILES string of the molecule is Cc1ccc(CNC(=O)NC(C)c2cc3ccccc3o2)cc1. The normalized spacial score (nSPS) is 12.1. The van der Waals surface area contributed by atoms with E-state index in [2.05, 4.69) is 10.6 Å². The van der Waals surface area contributed by atoms with Crippen LogP contribution in [0.15, 0.2) is 59.0 Å². The number of aryl methyl sites for hydroxylation is 1. The molecule has 0 radical (unpaired) electrons. The number of nitrogens with one attached hydrogen (secondary N) is 2. The third kappa shape index (κ3) is 3.72. The zero-order valence-electron chi connectivity index (χ0n) is 13.3. The number of amides is 2. The number of carbonyl (C=O) groups is 1. The Hall–Kier alpha value is -2.75. The smallest absolute Gasteiger partial charge is 0.315 e. The highest BCUT2D eigenvalue weighted by Crippen LogP contribution is 2.23. The number of furan rings is 1. The summed E-state index contributed by atoms with van der Waals surface area (Å²) in [5.74, 6) is 0.747. The Morgan fingerprint density at radius 1 is 1.13 bits per heavy atom. The number of hydrogen-bond acceptors (Lipinski definition) is 2. The molecule has 3 aromatic rings. The monoisotopic (exact) mass is 308 g/mol. The average molecular weight is 308 g/mol. The van der Waals surface area contributed by atoms with Crippen molar-refractivity contribution >= 4 is 17.0 Å². The van der Waals surface area contributed by atoms with E-state index in [0.717, 1.165) is 22.3 Å². The van der Waals surface area contributed by atoms with Gasteiger partial charge in [-0.05, 0) is 31.5 Å². The van der Waals surface area contributed by atoms with Crippen LogP contribution in [0, 0.1) is 6.92 Å². The van der Waals surface area contributed by atoms with Gasteiger partial charge in [-0.1, -0.05) is 48.0 Å². The molecule has 1 atom stereocenters. The van der Waals surface area contributed by atoms with E-state index in [1.807, 2.05) is 68.4 Å². The Kier molecular flexibility index (Phi) is 4.33. The Bertz CT molecular complexity index is 773. The fourth-order valence-corrected chi connectivity index (χ4v) is 2.42. The third-order valence-corrected chi connectivity index (χ3v) is 3.79. The van der Waals surface area contributed by atoms with Crippen molar-refractivity contribution in [2.45, 2.75) is 26.4 Å². The Balaban J connectivity index is 1.57. The van der Waals surface area contributed by atoms with Gasteiger partial charge in [-0.2, -0.15) is 0 Å². The molecule has 3 rings (SSSR count). The average Bonchev–Trinajstić information content (AvgIpc) is 2.98. The molecular formula is C19H20N2O2. The van der Waals surface area contributed by atoms with Crippen LogP contribution >= 0.6 is 0 Å². The summed E-state index contributed by atoms with van der Waals surface area (Å²) >= 11 is 0. The number of benzene rings is 2. The van der Waals surface area contributed by atoms with Gasteiger partial charge in [-0.3, -0.25) is 0 Å². The molecule has 0 fully saturated rings. The Labute approximate surface area is 135 Å². The number of carbonyl (C=O) groups excluding carboxylic acids is 1. The molecule has 1 aromatic heterocycles. The molecule has 2 N–H and O–H groups in total. The highest BCUT2D eigenvalue weighted by molar-refractivity contribution is 5.78. The second-order valence-electron chi connectivity index (χ2n) is 5.72. The first-order valence-corrected chi connectivity index (χ1v) is 7.70. The zero-order chi connectivity index (χ0) is 16.2. The molecule has 1 heterocycles. The Morgan fingerprint density at radius 3 is 2.61 bits per heavy atom. The maximum Gasteiger partial charge on any atom is 0.315 e. The van der Waals surface area contributed by atoms with Gasteiger partial charge in [0.2, 0.25) is 0 Å². The number of rotatable bonds is 4. The van der Waals surface area contributed by atoms with E-state index in [1.165, 1.54) is 5.56 Å². The van der Waals surface area contributed by atoms with Gasteiger partial charge in [0.1, 0.15) is 11.3 Å². The number of hydrogen-bond donors (Lipinski definition) is 2. The van der Waals surface area contributed by atoms with Crippen LogP contribution in [0.4, 0.5) is 4.79 Å². The van der Waals surface area contributed by atoms with Crippen molar-refractivity contribution in [1.29, 1.82) is 0 Å². The van der Waals surface area contributed by atoms with Crippen LogP contribution in [0.2, 0.25) is 0 Å². The van der Waals surface area contributed by atoms with Crippen molar-refractivity contribution in [3.05, 3.63) is 71.5 Å². The summed E-state index contributed by atoms with van der Waals surface area (Å²) in [6.45, 7) is 4.45. The van der Waals surface area contributed by atoms with Gasteiger partial charge in [0.15, 0.2) is 0 Å². The quantitative estimate of drug-likeness (QED) is 0.755. The predicted molar refractivity (Wildman–Crippen MR) is 91.2 cm³/mol. The van der Waals surface area contributed by atoms with Gasteiger partial charge >= 0.3 is 6.03 Å². The van der Waals surface area contributed by atoms with Gasteiger partial charge in [0.05, 0.1) is 6.04 Å². The van der Waals surface area contributed by atoms with Crippen molar-refractivity contribution < 1.29 is 9.21 Å². The summed E-state index contributed by atoms with van der Waals surface area (Å²) in [6.07, 6.45) is 0. The minimum atomic E-state index is -0.210.